The van der Waals surface area contributed by atoms with E-state index >= 15 is 0 Å². The number of hydrogen-bond acceptors (Lipinski definition) is 2. The van der Waals surface area contributed by atoms with Gasteiger partial charge in [-0.3, -0.25) is 0 Å². The van der Waals surface area contributed by atoms with E-state index in [9.17, 15) is 0 Å². The van der Waals surface area contributed by atoms with Gasteiger partial charge in [-0.25, -0.2) is 0 Å². The summed E-state index contributed by atoms with van der Waals surface area (Å²) in [5.41, 5.74) is 2.31. The lowest BCUT2D eigenvalue weighted by atomic mass is 9.93. The smallest absolute Gasteiger partial charge is 0.107 e. The normalized spacial score (nSPS) is 17.1. The van der Waals surface area contributed by atoms with E-state index in [1.165, 1.54) is 25.1 Å². The Morgan fingerprint density at radius 2 is 1.79 bits per heavy atom. The summed E-state index contributed by atoms with van der Waals surface area (Å²) < 4.78 is 0. The van der Waals surface area contributed by atoms with Gasteiger partial charge in [-0.05, 0) is 44.7 Å². The van der Waals surface area contributed by atoms with Crippen LogP contribution in [0.15, 0.2) is 23.3 Å². The van der Waals surface area contributed by atoms with Crippen molar-refractivity contribution in [2.45, 2.75) is 39.5 Å². The Morgan fingerprint density at radius 3 is 2.32 bits per heavy atom. The lowest BCUT2D eigenvalue weighted by Gasteiger charge is -2.25. The first-order valence-corrected chi connectivity index (χ1v) is 7.61. The van der Waals surface area contributed by atoms with Gasteiger partial charge < -0.3 is 9.80 Å². The van der Waals surface area contributed by atoms with E-state index in [2.05, 4.69) is 43.8 Å². The van der Waals surface area contributed by atoms with E-state index in [0.29, 0.717) is 0 Å². The summed E-state index contributed by atoms with van der Waals surface area (Å²) in [5, 5.41) is 0. The third-order valence-corrected chi connectivity index (χ3v) is 3.83. The largest absolute Gasteiger partial charge is 0.377 e. The molecule has 106 valence electrons. The summed E-state index contributed by atoms with van der Waals surface area (Å²) in [6.45, 7) is 7.77. The average Bonchev–Trinajstić information content (AvgIpc) is 3.20. The van der Waals surface area contributed by atoms with Crippen molar-refractivity contribution in [3.8, 4) is 0 Å². The summed E-state index contributed by atoms with van der Waals surface area (Å²) in [4.78, 5) is 4.81. The lowest BCUT2D eigenvalue weighted by Crippen LogP contribution is -2.31. The Hall–Kier alpha value is -0.695. The Morgan fingerprint density at radius 1 is 1.11 bits per heavy atom. The predicted octanol–water partition coefficient (Wildman–Crippen LogP) is 3.02. The topological polar surface area (TPSA) is 6.48 Å². The van der Waals surface area contributed by atoms with Gasteiger partial charge in [0.1, 0.15) is 7.85 Å². The maximum Gasteiger partial charge on any atom is 0.107 e. The first-order valence-electron chi connectivity index (χ1n) is 7.61. The van der Waals surface area contributed by atoms with Crippen LogP contribution in [0.25, 0.3) is 0 Å². The maximum atomic E-state index is 5.85. The number of allylic oxidation sites excluding steroid dienone is 4. The molecule has 1 saturated carbocycles. The number of nitrogens with zero attached hydrogens (tertiary/aromatic N) is 2. The van der Waals surface area contributed by atoms with E-state index < -0.39 is 0 Å². The van der Waals surface area contributed by atoms with Gasteiger partial charge in [0.05, 0.1) is 0 Å². The highest BCUT2D eigenvalue weighted by Gasteiger charge is 2.22. The number of rotatable bonds is 9. The van der Waals surface area contributed by atoms with Crippen LogP contribution in [0, 0.1) is 5.92 Å². The zero-order valence-corrected chi connectivity index (χ0v) is 13.2. The molecule has 2 nitrogen and oxygen atoms in total. The Balaban J connectivity index is 2.37. The Labute approximate surface area is 120 Å². The van der Waals surface area contributed by atoms with Crippen LogP contribution in [0.3, 0.4) is 0 Å². The van der Waals surface area contributed by atoms with Crippen LogP contribution in [0.5, 0.6) is 0 Å². The summed E-state index contributed by atoms with van der Waals surface area (Å²) in [7, 11) is 10.3. The van der Waals surface area contributed by atoms with Crippen molar-refractivity contribution < 1.29 is 0 Å². The van der Waals surface area contributed by atoms with E-state index in [-0.39, 0.29) is 0 Å². The second kappa shape index (κ2) is 8.47. The fourth-order valence-corrected chi connectivity index (χ4v) is 2.13. The molecule has 1 rings (SSSR count). The van der Waals surface area contributed by atoms with Gasteiger partial charge in [0.15, 0.2) is 0 Å². The van der Waals surface area contributed by atoms with Gasteiger partial charge in [0.25, 0.3) is 0 Å². The summed E-state index contributed by atoms with van der Waals surface area (Å²) in [5.74, 6) is 0.976. The summed E-state index contributed by atoms with van der Waals surface area (Å²) in [6, 6.07) is 0. The highest BCUT2D eigenvalue weighted by Crippen LogP contribution is 2.29. The van der Waals surface area contributed by atoms with Crippen molar-refractivity contribution in [1.82, 2.24) is 9.80 Å². The van der Waals surface area contributed by atoms with E-state index in [0.717, 1.165) is 37.3 Å². The molecular weight excluding hydrogens is 231 g/mol. The fourth-order valence-electron chi connectivity index (χ4n) is 2.13. The van der Waals surface area contributed by atoms with Gasteiger partial charge in [-0.15, -0.1) is 5.47 Å². The van der Waals surface area contributed by atoms with Crippen molar-refractivity contribution in [1.29, 1.82) is 0 Å². The zero-order chi connectivity index (χ0) is 14.3. The van der Waals surface area contributed by atoms with Crippen LogP contribution in [-0.4, -0.2) is 51.4 Å². The van der Waals surface area contributed by atoms with Gasteiger partial charge in [-0.2, -0.15) is 0 Å². The van der Waals surface area contributed by atoms with Gasteiger partial charge in [-0.1, -0.05) is 19.9 Å². The SMILES string of the molecule is [B]/C(=C/C=C(\CC)N(C)CCN(C)CC1CC1)CC. The molecule has 0 atom stereocenters. The molecule has 1 aliphatic carbocycles. The molecular formula is C16H29BN2. The van der Waals surface area contributed by atoms with Crippen LogP contribution in [0.2, 0.25) is 0 Å². The molecule has 0 saturated heterocycles. The third kappa shape index (κ3) is 6.86. The molecule has 0 aromatic heterocycles. The molecule has 0 aromatic carbocycles. The molecule has 0 N–H and O–H groups in total. The highest BCUT2D eigenvalue weighted by atomic mass is 15.2. The van der Waals surface area contributed by atoms with Gasteiger partial charge >= 0.3 is 0 Å². The van der Waals surface area contributed by atoms with Crippen molar-refractivity contribution in [3.05, 3.63) is 23.3 Å². The molecule has 0 spiro atoms. The number of hydrogen-bond donors (Lipinski definition) is 0. The minimum atomic E-state index is 0.918. The van der Waals surface area contributed by atoms with Crippen molar-refractivity contribution in [2.75, 3.05) is 33.7 Å². The summed E-state index contributed by atoms with van der Waals surface area (Å²) >= 11 is 0. The molecule has 0 aromatic rings. The van der Waals surface area contributed by atoms with Crippen LogP contribution in [0.1, 0.15) is 39.5 Å². The third-order valence-electron chi connectivity index (χ3n) is 3.83. The maximum absolute atomic E-state index is 5.85. The average molecular weight is 260 g/mol. The Kier molecular flexibility index (Phi) is 7.29. The quantitative estimate of drug-likeness (QED) is 0.464. The molecule has 0 aliphatic heterocycles. The van der Waals surface area contributed by atoms with Gasteiger partial charge in [0, 0.05) is 32.4 Å². The van der Waals surface area contributed by atoms with E-state index in [1.807, 2.05) is 6.08 Å². The van der Waals surface area contributed by atoms with E-state index in [1.54, 1.807) is 0 Å². The minimum Gasteiger partial charge on any atom is -0.377 e. The van der Waals surface area contributed by atoms with Crippen molar-refractivity contribution in [2.24, 2.45) is 5.92 Å². The molecule has 1 aliphatic rings. The standard InChI is InChI=1S/C16H29BN2/c1-5-15(17)9-10-16(6-2)19(4)12-11-18(3)13-14-7-8-14/h9-10,14H,5-8,11-13H2,1-4H3/b15-9+,16-10+. The molecule has 0 bridgehead atoms. The molecule has 3 heteroatoms. The first kappa shape index (κ1) is 16.4. The minimum absolute atomic E-state index is 0.918. The molecule has 0 heterocycles. The zero-order valence-electron chi connectivity index (χ0n) is 13.2. The first-order chi connectivity index (χ1) is 9.06. The van der Waals surface area contributed by atoms with Crippen LogP contribution in [-0.2, 0) is 0 Å². The van der Waals surface area contributed by atoms with E-state index in [4.69, 9.17) is 7.85 Å². The second-order valence-corrected chi connectivity index (χ2v) is 5.73. The predicted molar refractivity (Wildman–Crippen MR) is 85.4 cm³/mol. The molecule has 0 amide bonds. The Bertz CT molecular complexity index is 319. The summed E-state index contributed by atoms with van der Waals surface area (Å²) in [6.07, 6.45) is 9.05. The fraction of sp³-hybridized carbons (Fsp3) is 0.750. The lowest BCUT2D eigenvalue weighted by molar-refractivity contribution is 0.275. The highest BCUT2D eigenvalue weighted by molar-refractivity contribution is 6.21. The van der Waals surface area contributed by atoms with Crippen molar-refractivity contribution in [3.63, 3.8) is 0 Å². The molecule has 2 radical (unpaired) electrons. The van der Waals surface area contributed by atoms with Crippen LogP contribution < -0.4 is 0 Å². The second-order valence-electron chi connectivity index (χ2n) is 5.73. The monoisotopic (exact) mass is 260 g/mol. The molecule has 0 unspecified atom stereocenters. The van der Waals surface area contributed by atoms with Crippen LogP contribution >= 0.6 is 0 Å². The number of likely N-dealkylation sites (N-methyl/N-ethyl adjacent to an activating group) is 2. The molecule has 1 fully saturated rings. The molecule has 19 heavy (non-hydrogen) atoms. The van der Waals surface area contributed by atoms with Crippen molar-refractivity contribution >= 4 is 7.85 Å². The van der Waals surface area contributed by atoms with Gasteiger partial charge in [0.2, 0.25) is 0 Å². The van der Waals surface area contributed by atoms with Crippen LogP contribution in [0.4, 0.5) is 0 Å².